The SMILES string of the molecule is CC(C)C(=O)N1CCC2(C1)CN(c1cccc(F)c1)C(=O)CN2C. The van der Waals surface area contributed by atoms with Gasteiger partial charge in [0.25, 0.3) is 0 Å². The molecule has 0 N–H and O–H groups in total. The summed E-state index contributed by atoms with van der Waals surface area (Å²) in [6, 6.07) is 6.14. The maximum absolute atomic E-state index is 13.6. The number of hydrogen-bond acceptors (Lipinski definition) is 3. The van der Waals surface area contributed by atoms with Crippen LogP contribution in [0, 0.1) is 11.7 Å². The summed E-state index contributed by atoms with van der Waals surface area (Å²) in [5, 5.41) is 0. The fraction of sp³-hybridized carbons (Fsp3) is 0.556. The van der Waals surface area contributed by atoms with Crippen LogP contribution in [0.1, 0.15) is 20.3 Å². The Morgan fingerprint density at radius 2 is 2.04 bits per heavy atom. The van der Waals surface area contributed by atoms with Crippen LogP contribution in [0.25, 0.3) is 0 Å². The van der Waals surface area contributed by atoms with Crippen LogP contribution in [-0.2, 0) is 9.59 Å². The highest BCUT2D eigenvalue weighted by Crippen LogP contribution is 2.34. The predicted octanol–water partition coefficient (Wildman–Crippen LogP) is 1.73. The minimum Gasteiger partial charge on any atom is -0.340 e. The Morgan fingerprint density at radius 3 is 2.71 bits per heavy atom. The van der Waals surface area contributed by atoms with Gasteiger partial charge in [-0.2, -0.15) is 0 Å². The van der Waals surface area contributed by atoms with Gasteiger partial charge in [-0.25, -0.2) is 4.39 Å². The average Bonchev–Trinajstić information content (AvgIpc) is 2.95. The summed E-state index contributed by atoms with van der Waals surface area (Å²) in [6.07, 6.45) is 0.820. The van der Waals surface area contributed by atoms with Crippen molar-refractivity contribution in [2.45, 2.75) is 25.8 Å². The molecule has 0 saturated carbocycles. The number of likely N-dealkylation sites (tertiary alicyclic amines) is 1. The molecule has 0 radical (unpaired) electrons. The molecular formula is C18H24FN3O2. The van der Waals surface area contributed by atoms with Crippen molar-refractivity contribution >= 4 is 17.5 Å². The molecule has 24 heavy (non-hydrogen) atoms. The molecule has 6 heteroatoms. The molecule has 1 aromatic rings. The van der Waals surface area contributed by atoms with Gasteiger partial charge in [0, 0.05) is 31.2 Å². The number of carbonyl (C=O) groups is 2. The van der Waals surface area contributed by atoms with Gasteiger partial charge in [-0.1, -0.05) is 19.9 Å². The van der Waals surface area contributed by atoms with Crippen LogP contribution in [0.3, 0.4) is 0 Å². The molecule has 1 atom stereocenters. The van der Waals surface area contributed by atoms with Crippen LogP contribution in [0.4, 0.5) is 10.1 Å². The van der Waals surface area contributed by atoms with Gasteiger partial charge >= 0.3 is 0 Å². The highest BCUT2D eigenvalue weighted by Gasteiger charge is 2.48. The maximum Gasteiger partial charge on any atom is 0.241 e. The Morgan fingerprint density at radius 1 is 1.29 bits per heavy atom. The van der Waals surface area contributed by atoms with E-state index in [4.69, 9.17) is 0 Å². The van der Waals surface area contributed by atoms with E-state index in [0.717, 1.165) is 6.42 Å². The number of hydrogen-bond donors (Lipinski definition) is 0. The summed E-state index contributed by atoms with van der Waals surface area (Å²) in [5.74, 6) is -0.275. The average molecular weight is 333 g/mol. The van der Waals surface area contributed by atoms with Crippen LogP contribution in [-0.4, -0.2) is 60.4 Å². The van der Waals surface area contributed by atoms with Crippen molar-refractivity contribution in [3.63, 3.8) is 0 Å². The molecule has 2 aliphatic rings. The fourth-order valence-corrected chi connectivity index (χ4v) is 3.69. The summed E-state index contributed by atoms with van der Waals surface area (Å²) < 4.78 is 13.6. The van der Waals surface area contributed by atoms with E-state index in [1.807, 2.05) is 25.8 Å². The van der Waals surface area contributed by atoms with Crippen molar-refractivity contribution in [2.24, 2.45) is 5.92 Å². The lowest BCUT2D eigenvalue weighted by molar-refractivity contribution is -0.134. The second-order valence-electron chi connectivity index (χ2n) is 7.20. The summed E-state index contributed by atoms with van der Waals surface area (Å²) in [4.78, 5) is 30.4. The normalized spacial score (nSPS) is 25.1. The van der Waals surface area contributed by atoms with E-state index in [2.05, 4.69) is 4.90 Å². The molecule has 1 unspecified atom stereocenters. The van der Waals surface area contributed by atoms with E-state index in [1.54, 1.807) is 17.0 Å². The number of carbonyl (C=O) groups excluding carboxylic acids is 2. The van der Waals surface area contributed by atoms with Crippen molar-refractivity contribution in [1.82, 2.24) is 9.80 Å². The van der Waals surface area contributed by atoms with E-state index in [0.29, 0.717) is 25.3 Å². The largest absolute Gasteiger partial charge is 0.340 e. The van der Waals surface area contributed by atoms with Crippen LogP contribution in [0.5, 0.6) is 0 Å². The first-order chi connectivity index (χ1) is 11.3. The highest BCUT2D eigenvalue weighted by atomic mass is 19.1. The number of nitrogens with zero attached hydrogens (tertiary/aromatic N) is 3. The molecule has 1 spiro atoms. The molecule has 1 aromatic carbocycles. The Balaban J connectivity index is 1.84. The van der Waals surface area contributed by atoms with E-state index in [9.17, 15) is 14.0 Å². The van der Waals surface area contributed by atoms with Crippen molar-refractivity contribution in [3.8, 4) is 0 Å². The smallest absolute Gasteiger partial charge is 0.241 e. The van der Waals surface area contributed by atoms with Gasteiger partial charge < -0.3 is 9.80 Å². The van der Waals surface area contributed by atoms with Crippen molar-refractivity contribution < 1.29 is 14.0 Å². The number of benzene rings is 1. The molecule has 2 amide bonds. The van der Waals surface area contributed by atoms with Crippen molar-refractivity contribution in [2.75, 3.05) is 38.1 Å². The van der Waals surface area contributed by atoms with Gasteiger partial charge in [0.1, 0.15) is 5.82 Å². The Kier molecular flexibility index (Phi) is 4.34. The summed E-state index contributed by atoms with van der Waals surface area (Å²) >= 11 is 0. The maximum atomic E-state index is 13.6. The first-order valence-corrected chi connectivity index (χ1v) is 8.38. The molecule has 130 valence electrons. The predicted molar refractivity (Wildman–Crippen MR) is 90.1 cm³/mol. The molecule has 0 aromatic heterocycles. The van der Waals surface area contributed by atoms with E-state index in [1.165, 1.54) is 12.1 Å². The van der Waals surface area contributed by atoms with Gasteiger partial charge in [-0.15, -0.1) is 0 Å². The highest BCUT2D eigenvalue weighted by molar-refractivity contribution is 5.96. The van der Waals surface area contributed by atoms with Gasteiger partial charge in [0.15, 0.2) is 0 Å². The second kappa shape index (κ2) is 6.16. The second-order valence-corrected chi connectivity index (χ2v) is 7.20. The monoisotopic (exact) mass is 333 g/mol. The summed E-state index contributed by atoms with van der Waals surface area (Å²) in [6.45, 7) is 5.88. The van der Waals surface area contributed by atoms with Crippen LogP contribution in [0.15, 0.2) is 24.3 Å². The van der Waals surface area contributed by atoms with Gasteiger partial charge in [-0.05, 0) is 31.7 Å². The molecule has 2 saturated heterocycles. The number of rotatable bonds is 2. The topological polar surface area (TPSA) is 43.9 Å². The number of anilines is 1. The Bertz CT molecular complexity index is 663. The summed E-state index contributed by atoms with van der Waals surface area (Å²) in [5.41, 5.74) is 0.325. The standard InChI is InChI=1S/C18H24FN3O2/c1-13(2)17(24)21-8-7-18(11-21)12-22(16(23)10-20(18)3)15-6-4-5-14(19)9-15/h4-6,9,13H,7-8,10-12H2,1-3H3. The zero-order valence-electron chi connectivity index (χ0n) is 14.5. The lowest BCUT2D eigenvalue weighted by Crippen LogP contribution is -2.64. The van der Waals surface area contributed by atoms with E-state index >= 15 is 0 Å². The minimum absolute atomic E-state index is 0.0324. The van der Waals surface area contributed by atoms with Gasteiger partial charge in [-0.3, -0.25) is 14.5 Å². The van der Waals surface area contributed by atoms with Gasteiger partial charge in [0.05, 0.1) is 12.1 Å². The number of piperazine rings is 1. The van der Waals surface area contributed by atoms with E-state index in [-0.39, 0.29) is 35.6 Å². The molecular weight excluding hydrogens is 309 g/mol. The minimum atomic E-state index is -0.351. The zero-order valence-corrected chi connectivity index (χ0v) is 14.5. The van der Waals surface area contributed by atoms with E-state index < -0.39 is 0 Å². The molecule has 0 aliphatic carbocycles. The summed E-state index contributed by atoms with van der Waals surface area (Å²) in [7, 11) is 1.93. The lowest BCUT2D eigenvalue weighted by Gasteiger charge is -2.46. The number of halogens is 1. The molecule has 0 bridgehead atoms. The lowest BCUT2D eigenvalue weighted by atomic mass is 9.92. The third-order valence-corrected chi connectivity index (χ3v) is 5.19. The fourth-order valence-electron chi connectivity index (χ4n) is 3.69. The first kappa shape index (κ1) is 16.9. The quantitative estimate of drug-likeness (QED) is 0.828. The first-order valence-electron chi connectivity index (χ1n) is 8.38. The van der Waals surface area contributed by atoms with Crippen LogP contribution >= 0.6 is 0 Å². The van der Waals surface area contributed by atoms with Crippen molar-refractivity contribution in [3.05, 3.63) is 30.1 Å². The molecule has 2 fully saturated rings. The third-order valence-electron chi connectivity index (χ3n) is 5.19. The number of likely N-dealkylation sites (N-methyl/N-ethyl adjacent to an activating group) is 1. The Labute approximate surface area is 142 Å². The number of amides is 2. The third kappa shape index (κ3) is 2.90. The molecule has 5 nitrogen and oxygen atoms in total. The van der Waals surface area contributed by atoms with Crippen molar-refractivity contribution in [1.29, 1.82) is 0 Å². The van der Waals surface area contributed by atoms with Gasteiger partial charge in [0.2, 0.25) is 11.8 Å². The Hall–Kier alpha value is -1.95. The molecule has 3 rings (SSSR count). The van der Waals surface area contributed by atoms with Crippen LogP contribution in [0.2, 0.25) is 0 Å². The molecule has 2 heterocycles. The zero-order chi connectivity index (χ0) is 17.5. The molecule has 2 aliphatic heterocycles. The van der Waals surface area contributed by atoms with Crippen LogP contribution < -0.4 is 4.90 Å².